The topological polar surface area (TPSA) is 64.1 Å². The third-order valence-corrected chi connectivity index (χ3v) is 5.43. The fourth-order valence-electron chi connectivity index (χ4n) is 3.88. The molecular formula is C19H28Cl3N3O3. The summed E-state index contributed by atoms with van der Waals surface area (Å²) in [5.41, 5.74) is 0.951. The molecule has 9 heteroatoms. The molecule has 2 aliphatic heterocycles. The Balaban J connectivity index is 0.00000196. The van der Waals surface area contributed by atoms with Crippen molar-refractivity contribution in [3.8, 4) is 0 Å². The third kappa shape index (κ3) is 7.08. The number of carbonyl (C=O) groups excluding carboxylic acids is 1. The van der Waals surface area contributed by atoms with Gasteiger partial charge in [-0.25, -0.2) is 0 Å². The van der Waals surface area contributed by atoms with E-state index in [0.29, 0.717) is 31.1 Å². The first-order chi connectivity index (χ1) is 12.5. The SMILES string of the molecule is Cl.Cl.O=C(O)CN1CCN(C(=O)Cc2ccc(Cl)cc2)C(CN2CCCC2)C1. The molecule has 2 heterocycles. The first-order valence-electron chi connectivity index (χ1n) is 9.21. The van der Waals surface area contributed by atoms with E-state index >= 15 is 0 Å². The summed E-state index contributed by atoms with van der Waals surface area (Å²) in [4.78, 5) is 30.2. The number of rotatable bonds is 6. The molecule has 1 unspecified atom stereocenters. The number of likely N-dealkylation sites (tertiary alicyclic amines) is 1. The second-order valence-electron chi connectivity index (χ2n) is 7.18. The van der Waals surface area contributed by atoms with E-state index in [0.717, 1.165) is 25.2 Å². The number of benzene rings is 1. The highest BCUT2D eigenvalue weighted by Gasteiger charge is 2.32. The first kappa shape index (κ1) is 25.0. The summed E-state index contributed by atoms with van der Waals surface area (Å²) in [7, 11) is 0. The average molecular weight is 453 g/mol. The van der Waals surface area contributed by atoms with Gasteiger partial charge in [-0.1, -0.05) is 23.7 Å². The predicted molar refractivity (Wildman–Crippen MR) is 115 cm³/mol. The molecule has 1 N–H and O–H groups in total. The van der Waals surface area contributed by atoms with Crippen LogP contribution in [0, 0.1) is 0 Å². The minimum atomic E-state index is -0.814. The molecule has 0 spiro atoms. The lowest BCUT2D eigenvalue weighted by molar-refractivity contribution is -0.141. The quantitative estimate of drug-likeness (QED) is 0.718. The van der Waals surface area contributed by atoms with E-state index in [2.05, 4.69) is 4.90 Å². The van der Waals surface area contributed by atoms with Gasteiger partial charge in [-0.05, 0) is 43.6 Å². The number of carbonyl (C=O) groups is 2. The summed E-state index contributed by atoms with van der Waals surface area (Å²) in [6.45, 7) is 4.80. The molecule has 0 saturated carbocycles. The molecule has 1 aromatic carbocycles. The van der Waals surface area contributed by atoms with Crippen molar-refractivity contribution in [2.24, 2.45) is 0 Å². The highest BCUT2D eigenvalue weighted by atomic mass is 35.5. The molecule has 6 nitrogen and oxygen atoms in total. The Morgan fingerprint density at radius 3 is 2.25 bits per heavy atom. The average Bonchev–Trinajstić information content (AvgIpc) is 3.09. The van der Waals surface area contributed by atoms with Crippen LogP contribution in [0.25, 0.3) is 0 Å². The van der Waals surface area contributed by atoms with Gasteiger partial charge in [0.05, 0.1) is 19.0 Å². The molecule has 2 fully saturated rings. The monoisotopic (exact) mass is 451 g/mol. The fourth-order valence-corrected chi connectivity index (χ4v) is 4.01. The maximum Gasteiger partial charge on any atom is 0.317 e. The van der Waals surface area contributed by atoms with E-state index in [4.69, 9.17) is 16.7 Å². The summed E-state index contributed by atoms with van der Waals surface area (Å²) in [5.74, 6) is -0.711. The maximum atomic E-state index is 12.9. The zero-order valence-electron chi connectivity index (χ0n) is 15.8. The van der Waals surface area contributed by atoms with Gasteiger partial charge in [0.25, 0.3) is 0 Å². The van der Waals surface area contributed by atoms with Gasteiger partial charge >= 0.3 is 5.97 Å². The predicted octanol–water partition coefficient (Wildman–Crippen LogP) is 2.42. The number of aliphatic carboxylic acids is 1. The van der Waals surface area contributed by atoms with Crippen LogP contribution in [0.5, 0.6) is 0 Å². The number of hydrogen-bond donors (Lipinski definition) is 1. The number of carboxylic acids is 1. The molecule has 0 aliphatic carbocycles. The van der Waals surface area contributed by atoms with Gasteiger partial charge in [0.1, 0.15) is 0 Å². The standard InChI is InChI=1S/C19H26ClN3O3.2ClH/c20-16-5-3-15(4-6-16)11-18(24)23-10-9-22(14-19(25)26)13-17(23)12-21-7-1-2-8-21;;/h3-6,17H,1-2,7-14H2,(H,25,26);2*1H. The Labute approximate surface area is 183 Å². The molecular weight excluding hydrogens is 425 g/mol. The molecule has 158 valence electrons. The normalized spacial score (nSPS) is 20.3. The number of hydrogen-bond acceptors (Lipinski definition) is 4. The minimum absolute atomic E-state index is 0. The van der Waals surface area contributed by atoms with Crippen molar-refractivity contribution in [2.75, 3.05) is 45.8 Å². The molecule has 28 heavy (non-hydrogen) atoms. The summed E-state index contributed by atoms with van der Waals surface area (Å²) in [5, 5.41) is 9.75. The van der Waals surface area contributed by atoms with E-state index < -0.39 is 5.97 Å². The number of carboxylic acid groups (broad SMARTS) is 1. The van der Waals surface area contributed by atoms with Crippen LogP contribution in [0.1, 0.15) is 18.4 Å². The van der Waals surface area contributed by atoms with Crippen LogP contribution in [0.4, 0.5) is 0 Å². The second-order valence-corrected chi connectivity index (χ2v) is 7.62. The molecule has 1 amide bonds. The van der Waals surface area contributed by atoms with Gasteiger partial charge < -0.3 is 14.9 Å². The van der Waals surface area contributed by atoms with Gasteiger partial charge in [0.15, 0.2) is 0 Å². The zero-order chi connectivity index (χ0) is 18.5. The van der Waals surface area contributed by atoms with E-state index in [1.165, 1.54) is 12.8 Å². The van der Waals surface area contributed by atoms with Crippen LogP contribution in [0.2, 0.25) is 5.02 Å². The van der Waals surface area contributed by atoms with Crippen molar-refractivity contribution in [1.29, 1.82) is 0 Å². The third-order valence-electron chi connectivity index (χ3n) is 5.18. The van der Waals surface area contributed by atoms with Crippen LogP contribution < -0.4 is 0 Å². The molecule has 2 saturated heterocycles. The highest BCUT2D eigenvalue weighted by molar-refractivity contribution is 6.30. The lowest BCUT2D eigenvalue weighted by atomic mass is 10.1. The van der Waals surface area contributed by atoms with Gasteiger partial charge in [-0.15, -0.1) is 24.8 Å². The summed E-state index contributed by atoms with van der Waals surface area (Å²) < 4.78 is 0. The Morgan fingerprint density at radius 2 is 1.64 bits per heavy atom. The van der Waals surface area contributed by atoms with Crippen LogP contribution in [0.3, 0.4) is 0 Å². The van der Waals surface area contributed by atoms with E-state index in [9.17, 15) is 9.59 Å². The largest absolute Gasteiger partial charge is 0.480 e. The van der Waals surface area contributed by atoms with Gasteiger partial charge in [-0.2, -0.15) is 0 Å². The molecule has 0 aromatic heterocycles. The van der Waals surface area contributed by atoms with Crippen LogP contribution in [-0.2, 0) is 16.0 Å². The lowest BCUT2D eigenvalue weighted by Gasteiger charge is -2.42. The smallest absolute Gasteiger partial charge is 0.317 e. The van der Waals surface area contributed by atoms with E-state index in [1.807, 2.05) is 21.9 Å². The van der Waals surface area contributed by atoms with Gasteiger partial charge in [0.2, 0.25) is 5.91 Å². The van der Waals surface area contributed by atoms with Crippen LogP contribution in [-0.4, -0.2) is 83.5 Å². The number of piperazine rings is 1. The van der Waals surface area contributed by atoms with Crippen molar-refractivity contribution in [3.05, 3.63) is 34.9 Å². The maximum absolute atomic E-state index is 12.9. The molecule has 3 rings (SSSR count). The van der Waals surface area contributed by atoms with Crippen molar-refractivity contribution >= 4 is 48.3 Å². The summed E-state index contributed by atoms with van der Waals surface area (Å²) >= 11 is 5.92. The minimum Gasteiger partial charge on any atom is -0.480 e. The van der Waals surface area contributed by atoms with Crippen molar-refractivity contribution in [2.45, 2.75) is 25.3 Å². The van der Waals surface area contributed by atoms with Crippen molar-refractivity contribution in [3.63, 3.8) is 0 Å². The van der Waals surface area contributed by atoms with Gasteiger partial charge in [-0.3, -0.25) is 14.5 Å². The molecule has 2 aliphatic rings. The highest BCUT2D eigenvalue weighted by Crippen LogP contribution is 2.17. The molecule has 0 bridgehead atoms. The Bertz CT molecular complexity index is 639. The fraction of sp³-hybridized carbons (Fsp3) is 0.579. The Kier molecular flexibility index (Phi) is 10.6. The lowest BCUT2D eigenvalue weighted by Crippen LogP contribution is -2.59. The van der Waals surface area contributed by atoms with Crippen molar-refractivity contribution < 1.29 is 14.7 Å². The molecule has 1 atom stereocenters. The van der Waals surface area contributed by atoms with E-state index in [-0.39, 0.29) is 43.3 Å². The van der Waals surface area contributed by atoms with Gasteiger partial charge in [0, 0.05) is 31.2 Å². The Hall–Kier alpha value is -1.05. The molecule has 0 radical (unpaired) electrons. The molecule has 1 aromatic rings. The van der Waals surface area contributed by atoms with Crippen LogP contribution in [0.15, 0.2) is 24.3 Å². The van der Waals surface area contributed by atoms with E-state index in [1.54, 1.807) is 12.1 Å². The number of amides is 1. The van der Waals surface area contributed by atoms with Crippen LogP contribution >= 0.6 is 36.4 Å². The number of halogens is 3. The second kappa shape index (κ2) is 11.8. The first-order valence-corrected chi connectivity index (χ1v) is 9.59. The zero-order valence-corrected chi connectivity index (χ0v) is 18.1. The summed E-state index contributed by atoms with van der Waals surface area (Å²) in [6.07, 6.45) is 2.75. The Morgan fingerprint density at radius 1 is 1.00 bits per heavy atom. The number of nitrogens with zero attached hydrogens (tertiary/aromatic N) is 3. The van der Waals surface area contributed by atoms with Crippen molar-refractivity contribution in [1.82, 2.24) is 14.7 Å². The summed E-state index contributed by atoms with van der Waals surface area (Å²) in [6, 6.07) is 7.42.